The Kier molecular flexibility index (Phi) is 6.17. The van der Waals surface area contributed by atoms with Crippen molar-refractivity contribution in [3.8, 4) is 0 Å². The van der Waals surface area contributed by atoms with E-state index >= 15 is 0 Å². The Morgan fingerprint density at radius 3 is 2.40 bits per heavy atom. The number of benzene rings is 1. The van der Waals surface area contributed by atoms with Crippen LogP contribution >= 0.6 is 0 Å². The van der Waals surface area contributed by atoms with Gasteiger partial charge in [-0.1, -0.05) is 26.8 Å². The van der Waals surface area contributed by atoms with E-state index < -0.39 is 10.0 Å². The first-order valence-electron chi connectivity index (χ1n) is 7.01. The normalized spacial score (nSPS) is 13.7. The van der Waals surface area contributed by atoms with Crippen LogP contribution in [-0.4, -0.2) is 22.0 Å². The molecule has 0 spiro atoms. The molecule has 0 fully saturated rings. The maximum absolute atomic E-state index is 12.3. The molecule has 1 aromatic carbocycles. The summed E-state index contributed by atoms with van der Waals surface area (Å²) in [4.78, 5) is 0.337. The fourth-order valence-corrected chi connectivity index (χ4v) is 2.95. The zero-order chi connectivity index (χ0) is 15.3. The van der Waals surface area contributed by atoms with Gasteiger partial charge in [0.2, 0.25) is 10.0 Å². The van der Waals surface area contributed by atoms with Gasteiger partial charge in [0.1, 0.15) is 0 Å². The van der Waals surface area contributed by atoms with Crippen LogP contribution in [0.2, 0.25) is 0 Å². The molecule has 114 valence electrons. The van der Waals surface area contributed by atoms with Crippen molar-refractivity contribution < 1.29 is 8.42 Å². The van der Waals surface area contributed by atoms with Gasteiger partial charge in [-0.2, -0.15) is 0 Å². The van der Waals surface area contributed by atoms with E-state index in [0.29, 0.717) is 29.8 Å². The lowest BCUT2D eigenvalue weighted by atomic mass is 9.99. The molecule has 0 saturated carbocycles. The molecule has 1 aromatic rings. The minimum atomic E-state index is -3.42. The summed E-state index contributed by atoms with van der Waals surface area (Å²) in [6.45, 7) is 9.35. The summed E-state index contributed by atoms with van der Waals surface area (Å²) < 4.78 is 27.3. The summed E-state index contributed by atoms with van der Waals surface area (Å²) in [6, 6.07) is 5.26. The second-order valence-corrected chi connectivity index (χ2v) is 7.46. The molecule has 0 bridgehead atoms. The van der Waals surface area contributed by atoms with Gasteiger partial charge in [-0.15, -0.1) is 0 Å². The number of rotatable bonds is 7. The van der Waals surface area contributed by atoms with Gasteiger partial charge < -0.3 is 5.32 Å². The summed E-state index contributed by atoms with van der Waals surface area (Å²) in [5.41, 5.74) is 2.10. The molecule has 0 heterocycles. The molecule has 0 aliphatic carbocycles. The Labute approximate surface area is 123 Å². The van der Waals surface area contributed by atoms with Crippen molar-refractivity contribution in [1.29, 1.82) is 0 Å². The Bertz CT molecular complexity index is 539. The topological polar surface area (TPSA) is 58.2 Å². The van der Waals surface area contributed by atoms with Gasteiger partial charge in [-0.05, 0) is 49.1 Å². The van der Waals surface area contributed by atoms with Crippen molar-refractivity contribution in [2.24, 2.45) is 11.8 Å². The van der Waals surface area contributed by atoms with Crippen molar-refractivity contribution in [2.75, 3.05) is 13.6 Å². The van der Waals surface area contributed by atoms with Crippen molar-refractivity contribution in [3.63, 3.8) is 0 Å². The summed E-state index contributed by atoms with van der Waals surface area (Å²) in [5, 5.41) is 3.05. The Hall–Kier alpha value is -0.910. The monoisotopic (exact) mass is 298 g/mol. The fraction of sp³-hybridized carbons (Fsp3) is 0.600. The van der Waals surface area contributed by atoms with E-state index in [-0.39, 0.29) is 0 Å². The summed E-state index contributed by atoms with van der Waals surface area (Å²) >= 11 is 0. The maximum Gasteiger partial charge on any atom is 0.240 e. The number of aryl methyl sites for hydroxylation is 1. The van der Waals surface area contributed by atoms with Gasteiger partial charge >= 0.3 is 0 Å². The van der Waals surface area contributed by atoms with Gasteiger partial charge in [0.05, 0.1) is 4.90 Å². The molecule has 2 N–H and O–H groups in total. The van der Waals surface area contributed by atoms with Crippen LogP contribution in [0.3, 0.4) is 0 Å². The van der Waals surface area contributed by atoms with Crippen LogP contribution in [0.5, 0.6) is 0 Å². The first-order valence-corrected chi connectivity index (χ1v) is 8.50. The Morgan fingerprint density at radius 1 is 1.20 bits per heavy atom. The highest BCUT2D eigenvalue weighted by Crippen LogP contribution is 2.16. The number of sulfonamides is 1. The molecule has 0 aliphatic heterocycles. The van der Waals surface area contributed by atoms with E-state index in [1.165, 1.54) is 0 Å². The molecular formula is C15H26N2O2S. The third kappa shape index (κ3) is 4.58. The molecule has 0 aromatic heterocycles. The van der Waals surface area contributed by atoms with E-state index in [1.54, 1.807) is 12.1 Å². The molecule has 0 aliphatic rings. The summed E-state index contributed by atoms with van der Waals surface area (Å²) in [6.07, 6.45) is 0. The molecule has 1 rings (SSSR count). The number of nitrogens with one attached hydrogen (secondary N) is 2. The number of hydrogen-bond donors (Lipinski definition) is 2. The minimum absolute atomic E-state index is 0.312. The highest BCUT2D eigenvalue weighted by atomic mass is 32.2. The van der Waals surface area contributed by atoms with Crippen LogP contribution < -0.4 is 10.0 Å². The minimum Gasteiger partial charge on any atom is -0.316 e. The average Bonchev–Trinajstić information content (AvgIpc) is 2.38. The first-order chi connectivity index (χ1) is 9.27. The second kappa shape index (κ2) is 7.20. The molecular weight excluding hydrogens is 272 g/mol. The van der Waals surface area contributed by atoms with Crippen molar-refractivity contribution >= 4 is 10.0 Å². The molecule has 0 saturated heterocycles. The van der Waals surface area contributed by atoms with Crippen molar-refractivity contribution in [3.05, 3.63) is 29.3 Å². The SMILES string of the molecule is CNCc1cc(S(=O)(=O)NCC(C)C(C)C)ccc1C. The van der Waals surface area contributed by atoms with Crippen molar-refractivity contribution in [2.45, 2.75) is 39.1 Å². The summed E-state index contributed by atoms with van der Waals surface area (Å²) in [5.74, 6) is 0.766. The molecule has 0 amide bonds. The fourth-order valence-electron chi connectivity index (χ4n) is 1.76. The van der Waals surface area contributed by atoms with E-state index in [9.17, 15) is 8.42 Å². The molecule has 0 radical (unpaired) electrons. The third-order valence-corrected chi connectivity index (χ3v) is 5.15. The molecule has 5 heteroatoms. The molecule has 1 unspecified atom stereocenters. The molecule has 20 heavy (non-hydrogen) atoms. The number of hydrogen-bond acceptors (Lipinski definition) is 3. The lowest BCUT2D eigenvalue weighted by Crippen LogP contribution is -2.30. The van der Waals surface area contributed by atoms with E-state index in [1.807, 2.05) is 20.0 Å². The predicted octanol–water partition coefficient (Wildman–Crippen LogP) is 2.28. The second-order valence-electron chi connectivity index (χ2n) is 5.69. The van der Waals surface area contributed by atoms with Gasteiger partial charge in [0.15, 0.2) is 0 Å². The van der Waals surface area contributed by atoms with Gasteiger partial charge in [0, 0.05) is 13.1 Å². The van der Waals surface area contributed by atoms with E-state index in [0.717, 1.165) is 11.1 Å². The Morgan fingerprint density at radius 2 is 1.85 bits per heavy atom. The molecule has 1 atom stereocenters. The smallest absolute Gasteiger partial charge is 0.240 e. The van der Waals surface area contributed by atoms with Crippen LogP contribution in [0.1, 0.15) is 31.9 Å². The Balaban J connectivity index is 2.90. The van der Waals surface area contributed by atoms with Crippen LogP contribution in [-0.2, 0) is 16.6 Å². The van der Waals surface area contributed by atoms with Gasteiger partial charge in [-0.25, -0.2) is 13.1 Å². The zero-order valence-electron chi connectivity index (χ0n) is 13.0. The summed E-state index contributed by atoms with van der Waals surface area (Å²) in [7, 11) is -1.57. The lowest BCUT2D eigenvalue weighted by molar-refractivity contribution is 0.414. The van der Waals surface area contributed by atoms with Gasteiger partial charge in [0.25, 0.3) is 0 Å². The van der Waals surface area contributed by atoms with Crippen LogP contribution in [0, 0.1) is 18.8 Å². The quantitative estimate of drug-likeness (QED) is 0.812. The standard InChI is InChI=1S/C15H26N2O2S/c1-11(2)13(4)9-17-20(18,19)15-7-6-12(3)14(8-15)10-16-5/h6-8,11,13,16-17H,9-10H2,1-5H3. The highest BCUT2D eigenvalue weighted by Gasteiger charge is 2.17. The average molecular weight is 298 g/mol. The first kappa shape index (κ1) is 17.1. The lowest BCUT2D eigenvalue weighted by Gasteiger charge is -2.16. The zero-order valence-corrected chi connectivity index (χ0v) is 13.8. The van der Waals surface area contributed by atoms with Crippen LogP contribution in [0.15, 0.2) is 23.1 Å². The highest BCUT2D eigenvalue weighted by molar-refractivity contribution is 7.89. The van der Waals surface area contributed by atoms with Crippen LogP contribution in [0.4, 0.5) is 0 Å². The van der Waals surface area contributed by atoms with E-state index in [2.05, 4.69) is 30.8 Å². The largest absolute Gasteiger partial charge is 0.316 e. The predicted molar refractivity (Wildman–Crippen MR) is 83.1 cm³/mol. The van der Waals surface area contributed by atoms with E-state index in [4.69, 9.17) is 0 Å². The molecule has 4 nitrogen and oxygen atoms in total. The van der Waals surface area contributed by atoms with Crippen LogP contribution in [0.25, 0.3) is 0 Å². The maximum atomic E-state index is 12.3. The van der Waals surface area contributed by atoms with Crippen molar-refractivity contribution in [1.82, 2.24) is 10.0 Å². The third-order valence-electron chi connectivity index (χ3n) is 3.73. The van der Waals surface area contributed by atoms with Gasteiger partial charge in [-0.3, -0.25) is 0 Å².